The van der Waals surface area contributed by atoms with Crippen molar-refractivity contribution in [1.82, 2.24) is 9.88 Å². The fourth-order valence-electron chi connectivity index (χ4n) is 1.82. The fourth-order valence-corrected chi connectivity index (χ4v) is 1.82. The number of ether oxygens (including phenoxy) is 1. The van der Waals surface area contributed by atoms with Crippen LogP contribution in [0, 0.1) is 0 Å². The average Bonchev–Trinajstić information content (AvgIpc) is 2.42. The second-order valence-electron chi connectivity index (χ2n) is 4.08. The molecule has 6 heteroatoms. The van der Waals surface area contributed by atoms with E-state index in [1.54, 1.807) is 6.20 Å². The van der Waals surface area contributed by atoms with E-state index in [0.29, 0.717) is 12.1 Å². The highest BCUT2D eigenvalue weighted by molar-refractivity contribution is 5.70. The van der Waals surface area contributed by atoms with E-state index < -0.39 is 0 Å². The lowest BCUT2D eigenvalue weighted by molar-refractivity contribution is -0.105. The van der Waals surface area contributed by atoms with Crippen LogP contribution in [0.1, 0.15) is 0 Å². The number of hydrogen-bond donors (Lipinski definition) is 2. The van der Waals surface area contributed by atoms with E-state index in [2.05, 4.69) is 20.5 Å². The largest absolute Gasteiger partial charge is 0.379 e. The minimum atomic E-state index is 0.641. The van der Waals surface area contributed by atoms with E-state index in [0.717, 1.165) is 45.2 Å². The summed E-state index contributed by atoms with van der Waals surface area (Å²) < 4.78 is 5.29. The third-order valence-electron chi connectivity index (χ3n) is 2.83. The number of hydrogen-bond acceptors (Lipinski definition) is 5. The standard InChI is InChI=1S/C12H18N4O2/c17-10-15-11-1-2-12(14-9-11)13-3-4-16-5-7-18-8-6-16/h1-2,9-10H,3-8H2,(H,13,14)(H,15,17). The molecule has 0 saturated carbocycles. The van der Waals surface area contributed by atoms with Gasteiger partial charge in [0.15, 0.2) is 0 Å². The molecule has 1 amide bonds. The summed E-state index contributed by atoms with van der Waals surface area (Å²) in [5.41, 5.74) is 0.698. The van der Waals surface area contributed by atoms with Crippen LogP contribution in [-0.2, 0) is 9.53 Å². The SMILES string of the molecule is O=CNc1ccc(NCCN2CCOCC2)nc1. The number of pyridine rings is 1. The van der Waals surface area contributed by atoms with Crippen molar-refractivity contribution in [3.8, 4) is 0 Å². The molecule has 0 aromatic carbocycles. The molecule has 0 bridgehead atoms. The molecule has 1 aromatic rings. The zero-order valence-electron chi connectivity index (χ0n) is 10.3. The van der Waals surface area contributed by atoms with Crippen molar-refractivity contribution < 1.29 is 9.53 Å². The Morgan fingerprint density at radius 3 is 2.89 bits per heavy atom. The third kappa shape index (κ3) is 3.97. The summed E-state index contributed by atoms with van der Waals surface area (Å²) in [5.74, 6) is 0.819. The highest BCUT2D eigenvalue weighted by atomic mass is 16.5. The van der Waals surface area contributed by atoms with E-state index in [4.69, 9.17) is 4.74 Å². The van der Waals surface area contributed by atoms with Crippen molar-refractivity contribution in [3.05, 3.63) is 18.3 Å². The number of carbonyl (C=O) groups excluding carboxylic acids is 1. The lowest BCUT2D eigenvalue weighted by atomic mass is 10.4. The quantitative estimate of drug-likeness (QED) is 0.715. The van der Waals surface area contributed by atoms with Crippen LogP contribution in [0.4, 0.5) is 11.5 Å². The molecule has 2 heterocycles. The third-order valence-corrected chi connectivity index (χ3v) is 2.83. The maximum absolute atomic E-state index is 10.2. The van der Waals surface area contributed by atoms with Gasteiger partial charge in [0.25, 0.3) is 0 Å². The molecule has 1 aliphatic rings. The smallest absolute Gasteiger partial charge is 0.211 e. The van der Waals surface area contributed by atoms with Gasteiger partial charge in [0.2, 0.25) is 6.41 Å². The Hall–Kier alpha value is -1.66. The predicted octanol–water partition coefficient (Wildman–Crippen LogP) is 0.394. The Labute approximate surface area is 106 Å². The van der Waals surface area contributed by atoms with Crippen LogP contribution in [0.25, 0.3) is 0 Å². The van der Waals surface area contributed by atoms with Crippen molar-refractivity contribution in [2.45, 2.75) is 0 Å². The molecule has 1 aliphatic heterocycles. The molecular formula is C12H18N4O2. The van der Waals surface area contributed by atoms with Gasteiger partial charge in [-0.1, -0.05) is 0 Å². The van der Waals surface area contributed by atoms with E-state index in [1.807, 2.05) is 12.1 Å². The molecule has 1 saturated heterocycles. The number of nitrogens with zero attached hydrogens (tertiary/aromatic N) is 2. The van der Waals surface area contributed by atoms with Crippen LogP contribution < -0.4 is 10.6 Å². The highest BCUT2D eigenvalue weighted by Crippen LogP contribution is 2.08. The lowest BCUT2D eigenvalue weighted by Gasteiger charge is -2.26. The molecule has 0 spiro atoms. The first-order valence-electron chi connectivity index (χ1n) is 6.09. The Bertz CT molecular complexity index is 363. The van der Waals surface area contributed by atoms with Gasteiger partial charge in [-0.2, -0.15) is 0 Å². The molecule has 1 fully saturated rings. The normalized spacial score (nSPS) is 16.2. The number of aromatic nitrogens is 1. The van der Waals surface area contributed by atoms with Crippen molar-refractivity contribution in [2.75, 3.05) is 50.0 Å². The van der Waals surface area contributed by atoms with Crippen molar-refractivity contribution in [1.29, 1.82) is 0 Å². The molecule has 6 nitrogen and oxygen atoms in total. The lowest BCUT2D eigenvalue weighted by Crippen LogP contribution is -2.39. The van der Waals surface area contributed by atoms with E-state index >= 15 is 0 Å². The van der Waals surface area contributed by atoms with Crippen LogP contribution in [-0.4, -0.2) is 55.7 Å². The minimum Gasteiger partial charge on any atom is -0.379 e. The molecule has 98 valence electrons. The van der Waals surface area contributed by atoms with Crippen LogP contribution in [0.5, 0.6) is 0 Å². The molecule has 2 rings (SSSR count). The average molecular weight is 250 g/mol. The van der Waals surface area contributed by atoms with Gasteiger partial charge < -0.3 is 15.4 Å². The number of carbonyl (C=O) groups is 1. The van der Waals surface area contributed by atoms with Gasteiger partial charge in [0.1, 0.15) is 5.82 Å². The van der Waals surface area contributed by atoms with E-state index in [-0.39, 0.29) is 0 Å². The summed E-state index contributed by atoms with van der Waals surface area (Å²) >= 11 is 0. The van der Waals surface area contributed by atoms with Gasteiger partial charge >= 0.3 is 0 Å². The van der Waals surface area contributed by atoms with Crippen molar-refractivity contribution >= 4 is 17.9 Å². The van der Waals surface area contributed by atoms with Gasteiger partial charge in [0.05, 0.1) is 25.1 Å². The van der Waals surface area contributed by atoms with Gasteiger partial charge in [0, 0.05) is 26.2 Å². The first kappa shape index (κ1) is 12.8. The monoisotopic (exact) mass is 250 g/mol. The molecule has 0 unspecified atom stereocenters. The van der Waals surface area contributed by atoms with Crippen LogP contribution in [0.2, 0.25) is 0 Å². The van der Waals surface area contributed by atoms with Crippen molar-refractivity contribution in [2.24, 2.45) is 0 Å². The Kier molecular flexibility index (Phi) is 4.92. The molecule has 0 aliphatic carbocycles. The fraction of sp³-hybridized carbons (Fsp3) is 0.500. The first-order valence-corrected chi connectivity index (χ1v) is 6.09. The van der Waals surface area contributed by atoms with Crippen LogP contribution in [0.3, 0.4) is 0 Å². The number of rotatable bonds is 6. The maximum atomic E-state index is 10.2. The van der Waals surface area contributed by atoms with E-state index in [9.17, 15) is 4.79 Å². The Morgan fingerprint density at radius 1 is 1.39 bits per heavy atom. The molecule has 2 N–H and O–H groups in total. The zero-order valence-corrected chi connectivity index (χ0v) is 10.3. The summed E-state index contributed by atoms with van der Waals surface area (Å²) in [6.45, 7) is 5.48. The number of morpholine rings is 1. The summed E-state index contributed by atoms with van der Waals surface area (Å²) in [5, 5.41) is 5.80. The summed E-state index contributed by atoms with van der Waals surface area (Å²) in [6.07, 6.45) is 2.27. The number of amides is 1. The zero-order chi connectivity index (χ0) is 12.6. The highest BCUT2D eigenvalue weighted by Gasteiger charge is 2.09. The van der Waals surface area contributed by atoms with Crippen LogP contribution in [0.15, 0.2) is 18.3 Å². The predicted molar refractivity (Wildman–Crippen MR) is 69.7 cm³/mol. The first-order chi connectivity index (χ1) is 8.88. The second-order valence-corrected chi connectivity index (χ2v) is 4.08. The van der Waals surface area contributed by atoms with Gasteiger partial charge in [-0.25, -0.2) is 4.98 Å². The summed E-state index contributed by atoms with van der Waals surface area (Å²) in [6, 6.07) is 3.67. The Morgan fingerprint density at radius 2 is 2.22 bits per heavy atom. The maximum Gasteiger partial charge on any atom is 0.211 e. The molecule has 1 aromatic heterocycles. The van der Waals surface area contributed by atoms with Gasteiger partial charge in [-0.15, -0.1) is 0 Å². The number of nitrogens with one attached hydrogen (secondary N) is 2. The molecule has 0 radical (unpaired) electrons. The minimum absolute atomic E-state index is 0.641. The molecule has 0 atom stereocenters. The summed E-state index contributed by atoms with van der Waals surface area (Å²) in [4.78, 5) is 16.8. The van der Waals surface area contributed by atoms with E-state index in [1.165, 1.54) is 0 Å². The summed E-state index contributed by atoms with van der Waals surface area (Å²) in [7, 11) is 0. The number of anilines is 2. The Balaban J connectivity index is 1.70. The molecule has 18 heavy (non-hydrogen) atoms. The van der Waals surface area contributed by atoms with Gasteiger partial charge in [-0.05, 0) is 12.1 Å². The van der Waals surface area contributed by atoms with Crippen LogP contribution >= 0.6 is 0 Å². The van der Waals surface area contributed by atoms with Gasteiger partial charge in [-0.3, -0.25) is 9.69 Å². The molecular weight excluding hydrogens is 232 g/mol. The second kappa shape index (κ2) is 6.93. The topological polar surface area (TPSA) is 66.5 Å². The van der Waals surface area contributed by atoms with Crippen molar-refractivity contribution in [3.63, 3.8) is 0 Å².